The van der Waals surface area contributed by atoms with Gasteiger partial charge < -0.3 is 4.42 Å². The van der Waals surface area contributed by atoms with Crippen molar-refractivity contribution in [1.82, 2.24) is 4.57 Å². The van der Waals surface area contributed by atoms with Gasteiger partial charge in [0.2, 0.25) is 0 Å². The molecular weight excluding hydrogens is 166 g/mol. The Kier molecular flexibility index (Phi) is 1.77. The quantitative estimate of drug-likeness (QED) is 0.660. The Labute approximate surface area is 75.2 Å². The molecule has 2 rings (SSSR count). The van der Waals surface area contributed by atoms with E-state index in [1.165, 1.54) is 4.57 Å². The summed E-state index contributed by atoms with van der Waals surface area (Å²) in [5, 5.41) is 0. The summed E-state index contributed by atoms with van der Waals surface area (Å²) >= 11 is 0. The number of hydrogen-bond acceptors (Lipinski definition) is 2. The normalized spacial score (nSPS) is 10.2. The van der Waals surface area contributed by atoms with Crippen molar-refractivity contribution in [3.63, 3.8) is 0 Å². The van der Waals surface area contributed by atoms with Crippen LogP contribution in [-0.2, 0) is 7.05 Å². The Balaban J connectivity index is 2.54. The third-order valence-corrected chi connectivity index (χ3v) is 1.85. The Morgan fingerprint density at radius 1 is 1.23 bits per heavy atom. The van der Waals surface area contributed by atoms with E-state index in [0.717, 1.165) is 5.56 Å². The molecule has 0 saturated carbocycles. The molecule has 0 fully saturated rings. The van der Waals surface area contributed by atoms with Gasteiger partial charge >= 0.3 is 5.76 Å². The number of aryl methyl sites for hydroxylation is 1. The maximum atomic E-state index is 11.0. The largest absolute Gasteiger partial charge is 0.419 e. The lowest BCUT2D eigenvalue weighted by atomic mass is 10.2. The molecule has 0 N–H and O–H groups in total. The second kappa shape index (κ2) is 2.94. The van der Waals surface area contributed by atoms with Crippen molar-refractivity contribution in [2.45, 2.75) is 0 Å². The lowest BCUT2D eigenvalue weighted by Gasteiger charge is -1.91. The molecule has 3 nitrogen and oxygen atoms in total. The van der Waals surface area contributed by atoms with E-state index in [4.69, 9.17) is 4.42 Å². The molecule has 0 atom stereocenters. The first-order valence-corrected chi connectivity index (χ1v) is 3.99. The maximum Gasteiger partial charge on any atom is 0.419 e. The summed E-state index contributed by atoms with van der Waals surface area (Å²) in [5.41, 5.74) is 0.917. The Hall–Kier alpha value is -1.77. The fourth-order valence-electron chi connectivity index (χ4n) is 1.16. The van der Waals surface area contributed by atoms with Gasteiger partial charge in [-0.05, 0) is 0 Å². The molecule has 0 aliphatic carbocycles. The minimum absolute atomic E-state index is 0.334. The van der Waals surface area contributed by atoms with Crippen molar-refractivity contribution in [3.05, 3.63) is 47.1 Å². The summed E-state index contributed by atoms with van der Waals surface area (Å²) in [6.45, 7) is 0. The molecule has 66 valence electrons. The molecule has 0 bridgehead atoms. The van der Waals surface area contributed by atoms with Crippen LogP contribution in [0.25, 0.3) is 11.3 Å². The number of oxazole rings is 1. The molecule has 0 aliphatic heterocycles. The van der Waals surface area contributed by atoms with Crippen molar-refractivity contribution in [2.75, 3.05) is 0 Å². The SMILES string of the molecule is Cn1cc(-c2ccccc2)oc1=O. The van der Waals surface area contributed by atoms with Gasteiger partial charge in [0.1, 0.15) is 0 Å². The van der Waals surface area contributed by atoms with Crippen LogP contribution in [-0.4, -0.2) is 4.57 Å². The summed E-state index contributed by atoms with van der Waals surface area (Å²) in [7, 11) is 1.66. The topological polar surface area (TPSA) is 35.1 Å². The molecule has 0 amide bonds. The van der Waals surface area contributed by atoms with Gasteiger partial charge in [0.05, 0.1) is 6.20 Å². The summed E-state index contributed by atoms with van der Waals surface area (Å²) in [6, 6.07) is 9.53. The number of aromatic nitrogens is 1. The van der Waals surface area contributed by atoms with Gasteiger partial charge in [0.15, 0.2) is 5.76 Å². The third-order valence-electron chi connectivity index (χ3n) is 1.85. The van der Waals surface area contributed by atoms with Gasteiger partial charge in [0, 0.05) is 12.6 Å². The first-order valence-electron chi connectivity index (χ1n) is 3.99. The van der Waals surface area contributed by atoms with Gasteiger partial charge in [-0.3, -0.25) is 4.57 Å². The van der Waals surface area contributed by atoms with Crippen molar-refractivity contribution >= 4 is 0 Å². The van der Waals surface area contributed by atoms with Crippen molar-refractivity contribution in [1.29, 1.82) is 0 Å². The van der Waals surface area contributed by atoms with Crippen LogP contribution in [0.2, 0.25) is 0 Å². The predicted octanol–water partition coefficient (Wildman–Crippen LogP) is 1.65. The van der Waals surface area contributed by atoms with Gasteiger partial charge in [0.25, 0.3) is 0 Å². The van der Waals surface area contributed by atoms with E-state index in [0.29, 0.717) is 5.76 Å². The highest BCUT2D eigenvalue weighted by molar-refractivity contribution is 5.55. The summed E-state index contributed by atoms with van der Waals surface area (Å²) < 4.78 is 6.43. The zero-order valence-corrected chi connectivity index (χ0v) is 7.23. The van der Waals surface area contributed by atoms with Crippen LogP contribution in [0.4, 0.5) is 0 Å². The minimum Gasteiger partial charge on any atom is -0.408 e. The van der Waals surface area contributed by atoms with E-state index < -0.39 is 0 Å². The second-order valence-corrected chi connectivity index (χ2v) is 2.84. The first-order chi connectivity index (χ1) is 6.27. The molecule has 2 aromatic rings. The lowest BCUT2D eigenvalue weighted by Crippen LogP contribution is -2.06. The fourth-order valence-corrected chi connectivity index (χ4v) is 1.16. The van der Waals surface area contributed by atoms with Gasteiger partial charge in [-0.1, -0.05) is 30.3 Å². The molecule has 0 spiro atoms. The van der Waals surface area contributed by atoms with Crippen molar-refractivity contribution in [2.24, 2.45) is 7.05 Å². The highest BCUT2D eigenvalue weighted by Crippen LogP contribution is 2.16. The van der Waals surface area contributed by atoms with Gasteiger partial charge in [-0.15, -0.1) is 0 Å². The van der Waals surface area contributed by atoms with Crippen LogP contribution in [0.1, 0.15) is 0 Å². The highest BCUT2D eigenvalue weighted by Gasteiger charge is 2.03. The van der Waals surface area contributed by atoms with Crippen LogP contribution in [0.3, 0.4) is 0 Å². The summed E-state index contributed by atoms with van der Waals surface area (Å²) in [6.07, 6.45) is 1.68. The Morgan fingerprint density at radius 3 is 2.46 bits per heavy atom. The molecule has 0 aliphatic rings. The average molecular weight is 175 g/mol. The van der Waals surface area contributed by atoms with Crippen molar-refractivity contribution in [3.8, 4) is 11.3 Å². The van der Waals surface area contributed by atoms with E-state index in [2.05, 4.69) is 0 Å². The number of nitrogens with zero attached hydrogens (tertiary/aromatic N) is 1. The van der Waals surface area contributed by atoms with Crippen molar-refractivity contribution < 1.29 is 4.42 Å². The molecule has 0 radical (unpaired) electrons. The molecule has 3 heteroatoms. The van der Waals surface area contributed by atoms with E-state index in [1.54, 1.807) is 13.2 Å². The van der Waals surface area contributed by atoms with Gasteiger partial charge in [-0.2, -0.15) is 0 Å². The summed E-state index contributed by atoms with van der Waals surface area (Å²) in [5.74, 6) is 0.270. The number of benzene rings is 1. The van der Waals surface area contributed by atoms with E-state index in [-0.39, 0.29) is 5.76 Å². The molecule has 13 heavy (non-hydrogen) atoms. The number of rotatable bonds is 1. The van der Waals surface area contributed by atoms with Crippen LogP contribution in [0, 0.1) is 0 Å². The van der Waals surface area contributed by atoms with E-state index >= 15 is 0 Å². The molecule has 1 heterocycles. The first kappa shape index (κ1) is 7.86. The molecule has 1 aromatic heterocycles. The zero-order valence-electron chi connectivity index (χ0n) is 7.23. The smallest absolute Gasteiger partial charge is 0.408 e. The molecular formula is C10H9NO2. The number of hydrogen-bond donors (Lipinski definition) is 0. The highest BCUT2D eigenvalue weighted by atomic mass is 16.4. The fraction of sp³-hybridized carbons (Fsp3) is 0.100. The molecule has 0 saturated heterocycles. The average Bonchev–Trinajstić information content (AvgIpc) is 2.49. The Morgan fingerprint density at radius 2 is 1.92 bits per heavy atom. The molecule has 1 aromatic carbocycles. The van der Waals surface area contributed by atoms with Crippen LogP contribution in [0.15, 0.2) is 45.7 Å². The third kappa shape index (κ3) is 1.40. The standard InChI is InChI=1S/C10H9NO2/c1-11-7-9(13-10(11)12)8-5-3-2-4-6-8/h2-7H,1H3. The van der Waals surface area contributed by atoms with Crippen LogP contribution < -0.4 is 5.76 Å². The van der Waals surface area contributed by atoms with Crippen LogP contribution in [0.5, 0.6) is 0 Å². The second-order valence-electron chi connectivity index (χ2n) is 2.84. The Bertz CT molecular complexity index is 453. The predicted molar refractivity (Wildman–Crippen MR) is 49.4 cm³/mol. The monoisotopic (exact) mass is 175 g/mol. The summed E-state index contributed by atoms with van der Waals surface area (Å²) in [4.78, 5) is 11.0. The molecule has 0 unspecified atom stereocenters. The minimum atomic E-state index is -0.334. The maximum absolute atomic E-state index is 11.0. The zero-order chi connectivity index (χ0) is 9.26. The lowest BCUT2D eigenvalue weighted by molar-refractivity contribution is 0.506. The van der Waals surface area contributed by atoms with Gasteiger partial charge in [-0.25, -0.2) is 4.79 Å². The van der Waals surface area contributed by atoms with E-state index in [1.807, 2.05) is 30.3 Å². The van der Waals surface area contributed by atoms with Crippen LogP contribution >= 0.6 is 0 Å². The van der Waals surface area contributed by atoms with E-state index in [9.17, 15) is 4.79 Å².